The average Bonchev–Trinajstić information content (AvgIpc) is 2.76. The van der Waals surface area contributed by atoms with Gasteiger partial charge in [-0.25, -0.2) is 8.78 Å². The molecule has 0 spiro atoms. The van der Waals surface area contributed by atoms with E-state index < -0.39 is 34.1 Å². The van der Waals surface area contributed by atoms with Crippen LogP contribution >= 0.6 is 11.0 Å². The minimum Gasteiger partial charge on any atom is -0.369 e. The highest BCUT2D eigenvalue weighted by Gasteiger charge is 2.58. The summed E-state index contributed by atoms with van der Waals surface area (Å²) in [5.41, 5.74) is 5.46. The highest BCUT2D eigenvalue weighted by Crippen LogP contribution is 2.60. The number of benzene rings is 1. The summed E-state index contributed by atoms with van der Waals surface area (Å²) < 4.78 is 51.9. The molecule has 6 rings (SSSR count). The number of nitrogens with zero attached hydrogens (tertiary/aromatic N) is 2. The van der Waals surface area contributed by atoms with Crippen molar-refractivity contribution in [2.45, 2.75) is 57.5 Å². The van der Waals surface area contributed by atoms with E-state index in [-0.39, 0.29) is 48.5 Å². The second-order valence-corrected chi connectivity index (χ2v) is 12.4. The normalized spacial score (nSPS) is 36.2. The Balaban J connectivity index is 1.30. The molecule has 2 amide bonds. The first-order valence-electron chi connectivity index (χ1n) is 11.9. The van der Waals surface area contributed by atoms with E-state index in [1.165, 1.54) is 14.7 Å². The number of primary amides is 1. The van der Waals surface area contributed by atoms with Crippen LogP contribution in [0.4, 0.5) is 14.5 Å². The van der Waals surface area contributed by atoms with Crippen molar-refractivity contribution in [1.82, 2.24) is 9.62 Å². The van der Waals surface area contributed by atoms with Gasteiger partial charge in [0.1, 0.15) is 6.04 Å². The second-order valence-electron chi connectivity index (χ2n) is 10.5. The third-order valence-electron chi connectivity index (χ3n) is 8.46. The number of carbonyl (C=O) groups is 2. The van der Waals surface area contributed by atoms with Gasteiger partial charge in [-0.3, -0.25) is 23.0 Å². The molecule has 4 saturated carbocycles. The first-order valence-corrected chi connectivity index (χ1v) is 13.4. The van der Waals surface area contributed by atoms with Gasteiger partial charge in [0.05, 0.1) is 5.69 Å². The lowest BCUT2D eigenvalue weighted by molar-refractivity contribution is -0.147. The fraction of sp³-hybridized carbons (Fsp3) is 0.652. The highest BCUT2D eigenvalue weighted by atomic mass is 32.3. The van der Waals surface area contributed by atoms with Crippen LogP contribution < -0.4 is 15.4 Å². The Labute approximate surface area is 199 Å². The van der Waals surface area contributed by atoms with Gasteiger partial charge in [-0.15, -0.1) is 0 Å². The van der Waals surface area contributed by atoms with Gasteiger partial charge in [-0.05, 0) is 86.3 Å². The van der Waals surface area contributed by atoms with Crippen LogP contribution in [0.2, 0.25) is 0 Å². The van der Waals surface area contributed by atoms with Crippen LogP contribution in [-0.2, 0) is 9.59 Å². The molecule has 8 nitrogen and oxygen atoms in total. The van der Waals surface area contributed by atoms with E-state index in [0.717, 1.165) is 31.4 Å². The maximum Gasteiger partial charge on any atom is 0.239 e. The molecule has 1 aromatic carbocycles. The van der Waals surface area contributed by atoms with Crippen LogP contribution in [0.25, 0.3) is 0 Å². The van der Waals surface area contributed by atoms with Crippen molar-refractivity contribution in [2.75, 3.05) is 17.4 Å². The zero-order valence-electron chi connectivity index (χ0n) is 19.1. The summed E-state index contributed by atoms with van der Waals surface area (Å²) in [6, 6.07) is 2.26. The Morgan fingerprint density at radius 1 is 1.15 bits per heavy atom. The Kier molecular flexibility index (Phi) is 5.82. The minimum absolute atomic E-state index is 0.0622. The van der Waals surface area contributed by atoms with Crippen LogP contribution in [0.1, 0.15) is 45.4 Å². The zero-order valence-corrected chi connectivity index (χ0v) is 19.9. The molecule has 188 valence electrons. The number of anilines is 1. The number of amides is 2. The molecule has 1 aromatic rings. The Morgan fingerprint density at radius 3 is 2.44 bits per heavy atom. The predicted octanol–water partition coefficient (Wildman–Crippen LogP) is 3.24. The van der Waals surface area contributed by atoms with Crippen LogP contribution in [0.5, 0.6) is 0 Å². The van der Waals surface area contributed by atoms with E-state index in [2.05, 4.69) is 5.32 Å². The van der Waals surface area contributed by atoms with Gasteiger partial charge in [0.15, 0.2) is 11.6 Å². The summed E-state index contributed by atoms with van der Waals surface area (Å²) in [7, 11) is -3.62. The number of hydrogen-bond donors (Lipinski definition) is 4. The van der Waals surface area contributed by atoms with Crippen molar-refractivity contribution < 1.29 is 27.5 Å². The lowest BCUT2D eigenvalue weighted by Gasteiger charge is -2.59. The van der Waals surface area contributed by atoms with Crippen LogP contribution in [0.3, 0.4) is 0 Å². The largest absolute Gasteiger partial charge is 0.369 e. The fourth-order valence-corrected chi connectivity index (χ4v) is 8.95. The van der Waals surface area contributed by atoms with Gasteiger partial charge in [0.2, 0.25) is 11.8 Å². The number of hydrogen-bond acceptors (Lipinski definition) is 6. The molecule has 5 N–H and O–H groups in total. The number of rotatable bonds is 5. The lowest BCUT2D eigenvalue weighted by atomic mass is 9.47. The molecule has 1 aliphatic heterocycles. The summed E-state index contributed by atoms with van der Waals surface area (Å²) in [6.07, 6.45) is 4.68. The average molecular weight is 499 g/mol. The number of nitrogens with two attached hydrogens (primary N) is 1. The van der Waals surface area contributed by atoms with Gasteiger partial charge >= 0.3 is 0 Å². The van der Waals surface area contributed by atoms with Crippen molar-refractivity contribution in [3.05, 3.63) is 29.8 Å². The van der Waals surface area contributed by atoms with E-state index in [0.29, 0.717) is 25.2 Å². The van der Waals surface area contributed by atoms with Crippen molar-refractivity contribution in [3.63, 3.8) is 0 Å². The maximum absolute atomic E-state index is 13.8. The first kappa shape index (κ1) is 23.8. The molecule has 3 atom stereocenters. The summed E-state index contributed by atoms with van der Waals surface area (Å²) in [5, 5.41) is 3.15. The summed E-state index contributed by atoms with van der Waals surface area (Å²) in [4.78, 5) is 25.5. The van der Waals surface area contributed by atoms with Crippen LogP contribution in [0.15, 0.2) is 18.2 Å². The van der Waals surface area contributed by atoms with E-state index >= 15 is 0 Å². The molecule has 4 bridgehead atoms. The van der Waals surface area contributed by atoms with Crippen LogP contribution in [-0.4, -0.2) is 50.4 Å². The quantitative estimate of drug-likeness (QED) is 0.495. The molecule has 1 heterocycles. The molecular weight excluding hydrogens is 466 g/mol. The molecule has 0 aromatic heterocycles. The van der Waals surface area contributed by atoms with E-state index in [1.807, 2.05) is 0 Å². The SMILES string of the molecule is CC(C(=O)NC1C2CC3CC1CC(C(N)=O)(C3)C2)N1CCCN(c2ccc(F)c(F)c2)S1(O)O. The molecule has 0 radical (unpaired) electrons. The maximum atomic E-state index is 13.8. The smallest absolute Gasteiger partial charge is 0.239 e. The fourth-order valence-electron chi connectivity index (χ4n) is 7.04. The van der Waals surface area contributed by atoms with Gasteiger partial charge in [-0.2, -0.15) is 4.31 Å². The Hall–Kier alpha value is -1.95. The molecule has 5 aliphatic rings. The molecular formula is C23H32F2N4O4S. The Bertz CT molecular complexity index is 995. The topological polar surface area (TPSA) is 119 Å². The second kappa shape index (κ2) is 8.32. The number of halogens is 2. The van der Waals surface area contributed by atoms with Gasteiger partial charge < -0.3 is 11.1 Å². The third kappa shape index (κ3) is 3.77. The molecule has 34 heavy (non-hydrogen) atoms. The summed E-state index contributed by atoms with van der Waals surface area (Å²) >= 11 is 0. The molecule has 3 unspecified atom stereocenters. The van der Waals surface area contributed by atoms with Crippen molar-refractivity contribution in [2.24, 2.45) is 28.9 Å². The lowest BCUT2D eigenvalue weighted by Crippen LogP contribution is -2.63. The predicted molar refractivity (Wildman–Crippen MR) is 124 cm³/mol. The minimum atomic E-state index is -3.62. The molecule has 4 aliphatic carbocycles. The molecule has 1 saturated heterocycles. The van der Waals surface area contributed by atoms with E-state index in [9.17, 15) is 27.5 Å². The van der Waals surface area contributed by atoms with Gasteiger partial charge in [0.25, 0.3) is 0 Å². The summed E-state index contributed by atoms with van der Waals surface area (Å²) in [6.45, 7) is 2.14. The Morgan fingerprint density at radius 2 is 1.82 bits per heavy atom. The van der Waals surface area contributed by atoms with Gasteiger partial charge in [0, 0.05) is 30.6 Å². The van der Waals surface area contributed by atoms with E-state index in [4.69, 9.17) is 5.73 Å². The van der Waals surface area contributed by atoms with Gasteiger partial charge in [-0.1, -0.05) is 0 Å². The highest BCUT2D eigenvalue weighted by molar-refractivity contribution is 8.23. The zero-order chi connectivity index (χ0) is 24.4. The van der Waals surface area contributed by atoms with Crippen molar-refractivity contribution in [3.8, 4) is 0 Å². The van der Waals surface area contributed by atoms with Crippen molar-refractivity contribution in [1.29, 1.82) is 0 Å². The first-order chi connectivity index (χ1) is 16.0. The number of carbonyl (C=O) groups excluding carboxylic acids is 2. The van der Waals surface area contributed by atoms with E-state index in [1.54, 1.807) is 6.92 Å². The third-order valence-corrected chi connectivity index (χ3v) is 10.6. The monoisotopic (exact) mass is 498 g/mol. The van der Waals surface area contributed by atoms with Crippen LogP contribution in [0, 0.1) is 34.8 Å². The molecule has 5 fully saturated rings. The summed E-state index contributed by atoms with van der Waals surface area (Å²) in [5.74, 6) is -1.79. The standard InChI is InChI=1S/C23H32F2N4O4S/c1-13(28-5-2-6-29(34(28,32)33)17-3-4-18(24)19(25)9-17)21(30)27-20-15-7-14-8-16(20)12-23(10-14,11-15)22(26)31/h3-4,9,13-16,20,32-33H,2,5-8,10-12H2,1H3,(H2,26,31)(H,27,30). The van der Waals surface area contributed by atoms with Crippen molar-refractivity contribution >= 4 is 28.5 Å². The molecule has 11 heteroatoms. The number of nitrogens with one attached hydrogen (secondary N) is 1.